The summed E-state index contributed by atoms with van der Waals surface area (Å²) < 4.78 is 49.4. The lowest BCUT2D eigenvalue weighted by atomic mass is 10.1. The van der Waals surface area contributed by atoms with Crippen LogP contribution in [0.1, 0.15) is 12.0 Å². The van der Waals surface area contributed by atoms with Crippen molar-refractivity contribution in [3.8, 4) is 6.07 Å². The Morgan fingerprint density at radius 3 is 2.62 bits per heavy atom. The lowest BCUT2D eigenvalue weighted by Crippen LogP contribution is -2.26. The van der Waals surface area contributed by atoms with Crippen LogP contribution in [0.4, 0.5) is 14.5 Å². The molecular weight excluding hydrogens is 326 g/mol. The molecule has 5 nitrogen and oxygen atoms in total. The maximum absolute atomic E-state index is 13.9. The highest BCUT2D eigenvalue weighted by Crippen LogP contribution is 2.30. The van der Waals surface area contributed by atoms with Crippen LogP contribution in [-0.4, -0.2) is 26.6 Å². The van der Waals surface area contributed by atoms with Gasteiger partial charge in [-0.05, 0) is 6.07 Å². The fourth-order valence-corrected chi connectivity index (χ4v) is 3.56. The molecule has 2 rings (SSSR count). The quantitative estimate of drug-likeness (QED) is 0.789. The number of halogens is 3. The van der Waals surface area contributed by atoms with E-state index in [1.807, 2.05) is 0 Å². The highest BCUT2D eigenvalue weighted by atomic mass is 35.7. The van der Waals surface area contributed by atoms with E-state index in [9.17, 15) is 22.0 Å². The predicted molar refractivity (Wildman–Crippen MR) is 71.2 cm³/mol. The van der Waals surface area contributed by atoms with Crippen molar-refractivity contribution < 1.29 is 22.0 Å². The summed E-state index contributed by atoms with van der Waals surface area (Å²) in [6.45, 7) is -0.0763. The first-order valence-electron chi connectivity index (χ1n) is 5.83. The number of hydrogen-bond donors (Lipinski definition) is 0. The fraction of sp³-hybridized carbons (Fsp3) is 0.333. The van der Waals surface area contributed by atoms with Gasteiger partial charge in [0.05, 0.1) is 17.0 Å². The second-order valence-corrected chi connectivity index (χ2v) is 7.50. The first kappa shape index (κ1) is 15.7. The van der Waals surface area contributed by atoms with Crippen molar-refractivity contribution >= 4 is 31.3 Å². The molecule has 0 aliphatic carbocycles. The van der Waals surface area contributed by atoms with Gasteiger partial charge in [-0.1, -0.05) is 0 Å². The number of carbonyl (C=O) groups is 1. The SMILES string of the molecule is N#Cc1cc(F)c(N2CC(CS(=O)(=O)Cl)CC2=O)cc1F. The first-order chi connectivity index (χ1) is 9.71. The highest BCUT2D eigenvalue weighted by molar-refractivity contribution is 8.13. The minimum Gasteiger partial charge on any atom is -0.309 e. The largest absolute Gasteiger partial charge is 0.309 e. The molecule has 0 N–H and O–H groups in total. The van der Waals surface area contributed by atoms with Crippen LogP contribution in [-0.2, 0) is 13.8 Å². The van der Waals surface area contributed by atoms with Gasteiger partial charge < -0.3 is 4.90 Å². The number of benzene rings is 1. The van der Waals surface area contributed by atoms with Gasteiger partial charge in [0.1, 0.15) is 17.7 Å². The van der Waals surface area contributed by atoms with Crippen LogP contribution in [0.25, 0.3) is 0 Å². The molecule has 1 aromatic rings. The van der Waals surface area contributed by atoms with Crippen molar-refractivity contribution in [3.63, 3.8) is 0 Å². The van der Waals surface area contributed by atoms with Gasteiger partial charge in [-0.15, -0.1) is 0 Å². The molecule has 21 heavy (non-hydrogen) atoms. The minimum absolute atomic E-state index is 0.0763. The number of rotatable bonds is 3. The van der Waals surface area contributed by atoms with Gasteiger partial charge in [-0.3, -0.25) is 4.79 Å². The lowest BCUT2D eigenvalue weighted by molar-refractivity contribution is -0.117. The van der Waals surface area contributed by atoms with E-state index in [0.29, 0.717) is 6.07 Å². The average Bonchev–Trinajstić information content (AvgIpc) is 2.70. The summed E-state index contributed by atoms with van der Waals surface area (Å²) >= 11 is 0. The molecule has 9 heteroatoms. The zero-order valence-electron chi connectivity index (χ0n) is 10.5. The number of nitriles is 1. The summed E-state index contributed by atoms with van der Waals surface area (Å²) in [4.78, 5) is 12.8. The summed E-state index contributed by atoms with van der Waals surface area (Å²) in [5.74, 6) is -3.40. The molecule has 1 unspecified atom stereocenters. The molecule has 0 aromatic heterocycles. The van der Waals surface area contributed by atoms with Crippen LogP contribution in [0.15, 0.2) is 12.1 Å². The molecule has 1 saturated heterocycles. The Kier molecular flexibility index (Phi) is 4.16. The van der Waals surface area contributed by atoms with Crippen molar-refractivity contribution in [2.75, 3.05) is 17.2 Å². The predicted octanol–water partition coefficient (Wildman–Crippen LogP) is 1.76. The number of hydrogen-bond acceptors (Lipinski definition) is 4. The maximum atomic E-state index is 13.9. The standard InChI is InChI=1S/C12H9ClF2N2O3S/c13-21(19,20)6-7-1-12(18)17(5-7)11-3-9(14)8(4-16)2-10(11)15/h2-3,7H,1,5-6H2. The first-order valence-corrected chi connectivity index (χ1v) is 8.31. The third-order valence-corrected chi connectivity index (χ3v) is 4.34. The minimum atomic E-state index is -3.78. The molecule has 0 bridgehead atoms. The molecule has 0 radical (unpaired) electrons. The fourth-order valence-electron chi connectivity index (χ4n) is 2.24. The maximum Gasteiger partial charge on any atom is 0.232 e. The Labute approximate surface area is 124 Å². The number of amides is 1. The second kappa shape index (κ2) is 5.58. The van der Waals surface area contributed by atoms with Crippen molar-refractivity contribution in [1.29, 1.82) is 5.26 Å². The highest BCUT2D eigenvalue weighted by Gasteiger charge is 2.34. The van der Waals surface area contributed by atoms with Gasteiger partial charge >= 0.3 is 0 Å². The van der Waals surface area contributed by atoms with Crippen LogP contribution in [0.3, 0.4) is 0 Å². The van der Waals surface area contributed by atoms with E-state index in [2.05, 4.69) is 0 Å². The van der Waals surface area contributed by atoms with Gasteiger partial charge in [0.15, 0.2) is 0 Å². The third-order valence-electron chi connectivity index (χ3n) is 3.09. The number of anilines is 1. The monoisotopic (exact) mass is 334 g/mol. The molecule has 0 spiro atoms. The van der Waals surface area contributed by atoms with Crippen LogP contribution in [0.5, 0.6) is 0 Å². The van der Waals surface area contributed by atoms with Gasteiger partial charge in [0.25, 0.3) is 0 Å². The van der Waals surface area contributed by atoms with E-state index in [-0.39, 0.29) is 18.7 Å². The molecule has 112 valence electrons. The van der Waals surface area contributed by atoms with Crippen LogP contribution in [0.2, 0.25) is 0 Å². The van der Waals surface area contributed by atoms with Gasteiger partial charge in [0, 0.05) is 35.6 Å². The Balaban J connectivity index is 2.30. The van der Waals surface area contributed by atoms with E-state index in [1.54, 1.807) is 0 Å². The van der Waals surface area contributed by atoms with Crippen LogP contribution < -0.4 is 4.90 Å². The summed E-state index contributed by atoms with van der Waals surface area (Å²) in [5, 5.41) is 8.60. The zero-order valence-corrected chi connectivity index (χ0v) is 12.1. The molecule has 1 aliphatic heterocycles. The van der Waals surface area contributed by atoms with E-state index in [0.717, 1.165) is 11.0 Å². The lowest BCUT2D eigenvalue weighted by Gasteiger charge is -2.17. The smallest absolute Gasteiger partial charge is 0.232 e. The molecule has 1 atom stereocenters. The number of nitrogens with zero attached hydrogens (tertiary/aromatic N) is 2. The van der Waals surface area contributed by atoms with E-state index in [4.69, 9.17) is 15.9 Å². The van der Waals surface area contributed by atoms with Gasteiger partial charge in [-0.2, -0.15) is 5.26 Å². The molecule has 1 amide bonds. The Morgan fingerprint density at radius 2 is 2.05 bits per heavy atom. The normalized spacial score (nSPS) is 18.9. The van der Waals surface area contributed by atoms with Crippen LogP contribution >= 0.6 is 10.7 Å². The van der Waals surface area contributed by atoms with E-state index >= 15 is 0 Å². The molecule has 1 fully saturated rings. The van der Waals surface area contributed by atoms with Crippen LogP contribution in [0, 0.1) is 28.9 Å². The van der Waals surface area contributed by atoms with Crippen molar-refractivity contribution in [2.24, 2.45) is 5.92 Å². The number of carbonyl (C=O) groups excluding carboxylic acids is 1. The summed E-state index contributed by atoms with van der Waals surface area (Å²) in [6, 6.07) is 2.94. The molecule has 1 aliphatic rings. The molecule has 0 saturated carbocycles. The third kappa shape index (κ3) is 3.49. The summed E-state index contributed by atoms with van der Waals surface area (Å²) in [6.07, 6.45) is -0.118. The second-order valence-electron chi connectivity index (χ2n) is 4.68. The molecular formula is C12H9ClF2N2O3S. The Bertz CT molecular complexity index is 746. The average molecular weight is 335 g/mol. The van der Waals surface area contributed by atoms with Gasteiger partial charge in [-0.25, -0.2) is 17.2 Å². The zero-order chi connectivity index (χ0) is 15.8. The van der Waals surface area contributed by atoms with Crippen molar-refractivity contribution in [3.05, 3.63) is 29.3 Å². The summed E-state index contributed by atoms with van der Waals surface area (Å²) in [5.41, 5.74) is -0.784. The van der Waals surface area contributed by atoms with Crippen molar-refractivity contribution in [1.82, 2.24) is 0 Å². The topological polar surface area (TPSA) is 78.2 Å². The Morgan fingerprint density at radius 1 is 1.38 bits per heavy atom. The summed E-state index contributed by atoms with van der Waals surface area (Å²) in [7, 11) is 1.34. The molecule has 1 aromatic carbocycles. The Hall–Kier alpha value is -1.72. The van der Waals surface area contributed by atoms with Gasteiger partial charge in [0.2, 0.25) is 15.0 Å². The van der Waals surface area contributed by atoms with E-state index < -0.39 is 43.8 Å². The molecule has 1 heterocycles. The van der Waals surface area contributed by atoms with Crippen molar-refractivity contribution in [2.45, 2.75) is 6.42 Å². The van der Waals surface area contributed by atoms with E-state index in [1.165, 1.54) is 6.07 Å².